The highest BCUT2D eigenvalue weighted by molar-refractivity contribution is 5.87. The van der Waals surface area contributed by atoms with Crippen molar-refractivity contribution < 1.29 is 18.0 Å². The molecule has 92 valence electrons. The fourth-order valence-corrected chi connectivity index (χ4v) is 1.24. The highest BCUT2D eigenvalue weighted by Gasteiger charge is 2.35. The zero-order chi connectivity index (χ0) is 13.3. The molecular weight excluding hydrogens is 237 g/mol. The van der Waals surface area contributed by atoms with E-state index in [0.29, 0.717) is 0 Å². The van der Waals surface area contributed by atoms with Gasteiger partial charge in [-0.15, -0.1) is 4.91 Å². The van der Waals surface area contributed by atoms with Crippen molar-refractivity contribution in [3.8, 4) is 0 Å². The molecule has 2 N–H and O–H groups in total. The van der Waals surface area contributed by atoms with Gasteiger partial charge in [0.1, 0.15) is 5.54 Å². The Morgan fingerprint density at radius 3 is 2.29 bits per heavy atom. The Bertz CT molecular complexity index is 455. The molecule has 1 aromatic rings. The van der Waals surface area contributed by atoms with Gasteiger partial charge in [0.15, 0.2) is 0 Å². The minimum atomic E-state index is -4.54. The summed E-state index contributed by atoms with van der Waals surface area (Å²) in [6.07, 6.45) is -4.54. The standard InChI is InChI=1S/C10H9F3N2O2/c1-9(14,8(16)15-17)6-3-2-4-7(5-6)10(11,12)13/h2-5H,14H2,1H3. The first-order valence-corrected chi connectivity index (χ1v) is 4.54. The number of benzene rings is 1. The van der Waals surface area contributed by atoms with Crippen LogP contribution >= 0.6 is 0 Å². The van der Waals surface area contributed by atoms with E-state index in [2.05, 4.69) is 5.18 Å². The Balaban J connectivity index is 3.25. The number of halogens is 3. The van der Waals surface area contributed by atoms with Gasteiger partial charge in [-0.2, -0.15) is 13.2 Å². The van der Waals surface area contributed by atoms with Crippen molar-refractivity contribution in [3.63, 3.8) is 0 Å². The molecule has 0 aliphatic rings. The SMILES string of the molecule is CC(N)(C(=O)N=O)c1cccc(C(F)(F)F)c1. The molecule has 0 radical (unpaired) electrons. The summed E-state index contributed by atoms with van der Waals surface area (Å²) in [5.74, 6) is -1.23. The Hall–Kier alpha value is -1.76. The van der Waals surface area contributed by atoms with E-state index in [1.54, 1.807) is 0 Å². The highest BCUT2D eigenvalue weighted by atomic mass is 19.4. The lowest BCUT2D eigenvalue weighted by Crippen LogP contribution is -2.40. The largest absolute Gasteiger partial charge is 0.416 e. The minimum Gasteiger partial charge on any atom is -0.314 e. The fourth-order valence-electron chi connectivity index (χ4n) is 1.24. The van der Waals surface area contributed by atoms with Crippen molar-refractivity contribution >= 4 is 5.91 Å². The lowest BCUT2D eigenvalue weighted by Gasteiger charge is -2.20. The van der Waals surface area contributed by atoms with Crippen LogP contribution in [0.4, 0.5) is 13.2 Å². The molecule has 4 nitrogen and oxygen atoms in total. The van der Waals surface area contributed by atoms with Gasteiger partial charge in [-0.05, 0) is 24.6 Å². The second-order valence-corrected chi connectivity index (χ2v) is 3.68. The van der Waals surface area contributed by atoms with Crippen LogP contribution in [0, 0.1) is 4.91 Å². The van der Waals surface area contributed by atoms with Crippen LogP contribution in [-0.2, 0) is 16.5 Å². The van der Waals surface area contributed by atoms with Crippen molar-refractivity contribution in [3.05, 3.63) is 40.3 Å². The number of rotatable bonds is 2. The third-order valence-corrected chi connectivity index (χ3v) is 2.32. The van der Waals surface area contributed by atoms with Crippen LogP contribution < -0.4 is 5.73 Å². The summed E-state index contributed by atoms with van der Waals surface area (Å²) in [4.78, 5) is 21.2. The molecule has 0 fully saturated rings. The maximum Gasteiger partial charge on any atom is 0.416 e. The summed E-state index contributed by atoms with van der Waals surface area (Å²) >= 11 is 0. The number of alkyl halides is 3. The zero-order valence-electron chi connectivity index (χ0n) is 8.78. The molecule has 0 aliphatic heterocycles. The van der Waals surface area contributed by atoms with Gasteiger partial charge in [-0.1, -0.05) is 12.1 Å². The van der Waals surface area contributed by atoms with E-state index in [0.717, 1.165) is 25.1 Å². The number of hydrogen-bond acceptors (Lipinski definition) is 3. The first-order valence-electron chi connectivity index (χ1n) is 4.54. The molecule has 1 amide bonds. The van der Waals surface area contributed by atoms with Gasteiger partial charge in [0, 0.05) is 5.18 Å². The molecule has 0 saturated carbocycles. The van der Waals surface area contributed by atoms with Gasteiger partial charge in [0.05, 0.1) is 5.56 Å². The van der Waals surface area contributed by atoms with Crippen LogP contribution in [0.2, 0.25) is 0 Å². The van der Waals surface area contributed by atoms with Gasteiger partial charge >= 0.3 is 12.1 Å². The summed E-state index contributed by atoms with van der Waals surface area (Å²) in [5, 5.41) is 2.13. The topological polar surface area (TPSA) is 72.5 Å². The molecule has 1 aromatic carbocycles. The number of nitrogens with zero attached hydrogens (tertiary/aromatic N) is 1. The van der Waals surface area contributed by atoms with E-state index >= 15 is 0 Å². The molecule has 0 bridgehead atoms. The van der Waals surface area contributed by atoms with Gasteiger partial charge in [-0.3, -0.25) is 4.79 Å². The van der Waals surface area contributed by atoms with Crippen LogP contribution in [0.3, 0.4) is 0 Å². The van der Waals surface area contributed by atoms with Gasteiger partial charge < -0.3 is 5.73 Å². The molecule has 0 spiro atoms. The molecule has 0 aliphatic carbocycles. The molecule has 1 atom stereocenters. The first kappa shape index (κ1) is 13.3. The van der Waals surface area contributed by atoms with Crippen molar-refractivity contribution in [2.75, 3.05) is 0 Å². The monoisotopic (exact) mass is 246 g/mol. The van der Waals surface area contributed by atoms with E-state index in [1.165, 1.54) is 6.07 Å². The normalized spacial score (nSPS) is 15.1. The van der Waals surface area contributed by atoms with Crippen LogP contribution in [0.1, 0.15) is 18.1 Å². The van der Waals surface area contributed by atoms with Crippen LogP contribution in [-0.4, -0.2) is 5.91 Å². The average molecular weight is 246 g/mol. The summed E-state index contributed by atoms with van der Waals surface area (Å²) in [6.45, 7) is 1.13. The number of nitrogens with two attached hydrogens (primary N) is 1. The van der Waals surface area contributed by atoms with E-state index < -0.39 is 23.2 Å². The Labute approximate surface area is 94.6 Å². The maximum atomic E-state index is 12.4. The number of carbonyl (C=O) groups excluding carboxylic acids is 1. The van der Waals surface area contributed by atoms with Gasteiger partial charge in [0.2, 0.25) is 0 Å². The molecule has 7 heteroatoms. The summed E-state index contributed by atoms with van der Waals surface area (Å²) in [5.41, 5.74) is 2.58. The minimum absolute atomic E-state index is 0.114. The van der Waals surface area contributed by atoms with Crippen LogP contribution in [0.25, 0.3) is 0 Å². The van der Waals surface area contributed by atoms with Gasteiger partial charge in [-0.25, -0.2) is 0 Å². The number of nitroso groups, excluding NO2 is 1. The Morgan fingerprint density at radius 2 is 1.82 bits per heavy atom. The number of carbonyl (C=O) groups is 1. The fraction of sp³-hybridized carbons (Fsp3) is 0.300. The van der Waals surface area contributed by atoms with Crippen molar-refractivity contribution in [1.82, 2.24) is 0 Å². The number of amides is 1. The predicted octanol–water partition coefficient (Wildman–Crippen LogP) is 2.17. The molecule has 1 rings (SSSR count). The second kappa shape index (κ2) is 4.25. The molecule has 0 saturated heterocycles. The van der Waals surface area contributed by atoms with Gasteiger partial charge in [0.25, 0.3) is 0 Å². The first-order chi connectivity index (χ1) is 7.69. The van der Waals surface area contributed by atoms with E-state index in [4.69, 9.17) is 5.73 Å². The number of hydrogen-bond donors (Lipinski definition) is 1. The molecule has 17 heavy (non-hydrogen) atoms. The third kappa shape index (κ3) is 2.68. The molecule has 0 aromatic heterocycles. The van der Waals surface area contributed by atoms with E-state index in [-0.39, 0.29) is 5.56 Å². The zero-order valence-corrected chi connectivity index (χ0v) is 8.78. The van der Waals surface area contributed by atoms with E-state index in [1.807, 2.05) is 0 Å². The lowest BCUT2D eigenvalue weighted by atomic mass is 9.91. The van der Waals surface area contributed by atoms with Crippen LogP contribution in [0.5, 0.6) is 0 Å². The molecular formula is C10H9F3N2O2. The van der Waals surface area contributed by atoms with E-state index in [9.17, 15) is 22.9 Å². The third-order valence-electron chi connectivity index (χ3n) is 2.32. The Morgan fingerprint density at radius 1 is 1.29 bits per heavy atom. The van der Waals surface area contributed by atoms with Crippen molar-refractivity contribution in [1.29, 1.82) is 0 Å². The summed E-state index contributed by atoms with van der Waals surface area (Å²) in [7, 11) is 0. The van der Waals surface area contributed by atoms with Crippen molar-refractivity contribution in [2.45, 2.75) is 18.6 Å². The summed E-state index contributed by atoms with van der Waals surface area (Å²) in [6, 6.07) is 3.92. The second-order valence-electron chi connectivity index (χ2n) is 3.68. The quantitative estimate of drug-likeness (QED) is 0.813. The Kier molecular flexibility index (Phi) is 3.33. The maximum absolute atomic E-state index is 12.4. The predicted molar refractivity (Wildman–Crippen MR) is 53.8 cm³/mol. The smallest absolute Gasteiger partial charge is 0.314 e. The molecule has 0 heterocycles. The summed E-state index contributed by atoms with van der Waals surface area (Å²) < 4.78 is 37.3. The molecule has 1 unspecified atom stereocenters. The lowest BCUT2D eigenvalue weighted by molar-refractivity contribution is -0.137. The average Bonchev–Trinajstić information content (AvgIpc) is 2.27. The van der Waals surface area contributed by atoms with Crippen molar-refractivity contribution in [2.24, 2.45) is 10.9 Å². The highest BCUT2D eigenvalue weighted by Crippen LogP contribution is 2.31. The van der Waals surface area contributed by atoms with Crippen LogP contribution in [0.15, 0.2) is 29.4 Å².